The predicted octanol–water partition coefficient (Wildman–Crippen LogP) is 1.21. The van der Waals surface area contributed by atoms with Crippen LogP contribution in [0, 0.1) is 10.1 Å². The summed E-state index contributed by atoms with van der Waals surface area (Å²) in [7, 11) is 1.57. The minimum atomic E-state index is -0.453. The van der Waals surface area contributed by atoms with Gasteiger partial charge in [-0.15, -0.1) is 0 Å². The largest absolute Gasteiger partial charge is 0.383 e. The molecule has 0 bridgehead atoms. The van der Waals surface area contributed by atoms with E-state index in [0.29, 0.717) is 24.2 Å². The van der Waals surface area contributed by atoms with Crippen molar-refractivity contribution in [1.82, 2.24) is 10.6 Å². The van der Waals surface area contributed by atoms with E-state index in [1.165, 1.54) is 12.1 Å². The molecule has 0 spiro atoms. The van der Waals surface area contributed by atoms with Crippen molar-refractivity contribution >= 4 is 27.5 Å². The van der Waals surface area contributed by atoms with Crippen LogP contribution in [0.4, 0.5) is 5.69 Å². The molecule has 2 N–H and O–H groups in total. The van der Waals surface area contributed by atoms with Crippen LogP contribution in [-0.2, 0) is 16.1 Å². The number of nitrogens with zero attached hydrogens (tertiary/aromatic N) is 1. The van der Waals surface area contributed by atoms with Gasteiger partial charge in [0.1, 0.15) is 0 Å². The van der Waals surface area contributed by atoms with Crippen LogP contribution in [0.1, 0.15) is 5.56 Å². The number of carbonyl (C=O) groups excluding carboxylic acids is 1. The topological polar surface area (TPSA) is 93.5 Å². The number of hydrogen-bond donors (Lipinski definition) is 2. The Morgan fingerprint density at radius 1 is 1.50 bits per heavy atom. The summed E-state index contributed by atoms with van der Waals surface area (Å²) in [6.45, 7) is 1.56. The number of nitro benzene ring substituents is 1. The third-order valence-corrected chi connectivity index (χ3v) is 3.22. The Hall–Kier alpha value is -1.51. The molecule has 8 heteroatoms. The second-order valence-corrected chi connectivity index (χ2v) is 4.83. The number of amides is 1. The highest BCUT2D eigenvalue weighted by atomic mass is 79.9. The van der Waals surface area contributed by atoms with Crippen LogP contribution in [0.5, 0.6) is 0 Å². The lowest BCUT2D eigenvalue weighted by atomic mass is 10.2. The van der Waals surface area contributed by atoms with Crippen LogP contribution >= 0.6 is 15.9 Å². The fourth-order valence-corrected chi connectivity index (χ4v) is 1.97. The van der Waals surface area contributed by atoms with E-state index in [9.17, 15) is 14.9 Å². The molecule has 0 aliphatic carbocycles. The summed E-state index contributed by atoms with van der Waals surface area (Å²) in [6, 6.07) is 4.52. The molecule has 0 aliphatic heterocycles. The Morgan fingerprint density at radius 3 is 2.85 bits per heavy atom. The SMILES string of the molecule is COCCNC(=O)CNCc1ccc([N+](=O)[O-])cc1Br. The number of rotatable bonds is 8. The maximum absolute atomic E-state index is 11.4. The maximum atomic E-state index is 11.4. The lowest BCUT2D eigenvalue weighted by molar-refractivity contribution is -0.384. The highest BCUT2D eigenvalue weighted by Crippen LogP contribution is 2.22. The van der Waals surface area contributed by atoms with E-state index in [2.05, 4.69) is 26.6 Å². The van der Waals surface area contributed by atoms with Gasteiger partial charge >= 0.3 is 0 Å². The zero-order valence-electron chi connectivity index (χ0n) is 11.0. The molecule has 0 radical (unpaired) electrons. The molecule has 7 nitrogen and oxygen atoms in total. The summed E-state index contributed by atoms with van der Waals surface area (Å²) in [5.74, 6) is -0.125. The number of nitrogens with one attached hydrogen (secondary N) is 2. The molecule has 0 saturated carbocycles. The summed E-state index contributed by atoms with van der Waals surface area (Å²) < 4.78 is 5.45. The van der Waals surface area contributed by atoms with Crippen molar-refractivity contribution in [3.05, 3.63) is 38.3 Å². The molecular formula is C12H16BrN3O4. The average molecular weight is 346 g/mol. The lowest BCUT2D eigenvalue weighted by Gasteiger charge is -2.07. The second-order valence-electron chi connectivity index (χ2n) is 3.98. The van der Waals surface area contributed by atoms with Crippen molar-refractivity contribution in [2.75, 3.05) is 26.8 Å². The molecule has 1 amide bonds. The van der Waals surface area contributed by atoms with E-state index < -0.39 is 4.92 Å². The third-order valence-electron chi connectivity index (χ3n) is 2.48. The number of halogens is 1. The fourth-order valence-electron chi connectivity index (χ4n) is 1.46. The number of carbonyl (C=O) groups is 1. The van der Waals surface area contributed by atoms with E-state index in [4.69, 9.17) is 4.74 Å². The monoisotopic (exact) mass is 345 g/mol. The highest BCUT2D eigenvalue weighted by molar-refractivity contribution is 9.10. The van der Waals surface area contributed by atoms with Gasteiger partial charge in [-0.1, -0.05) is 15.9 Å². The second kappa shape index (κ2) is 8.62. The number of methoxy groups -OCH3 is 1. The first-order chi connectivity index (χ1) is 9.54. The standard InChI is InChI=1S/C12H16BrN3O4/c1-20-5-4-15-12(17)8-14-7-9-2-3-10(16(18)19)6-11(9)13/h2-3,6,14H,4-5,7-8H2,1H3,(H,15,17). The van der Waals surface area contributed by atoms with Crippen molar-refractivity contribution < 1.29 is 14.5 Å². The summed E-state index contributed by atoms with van der Waals surface area (Å²) in [6.07, 6.45) is 0. The van der Waals surface area contributed by atoms with Gasteiger partial charge in [-0.05, 0) is 11.6 Å². The average Bonchev–Trinajstić information content (AvgIpc) is 2.40. The summed E-state index contributed by atoms with van der Waals surface area (Å²) in [4.78, 5) is 21.6. The van der Waals surface area contributed by atoms with Crippen LogP contribution in [0.3, 0.4) is 0 Å². The molecule has 1 aromatic rings. The normalized spacial score (nSPS) is 10.3. The van der Waals surface area contributed by atoms with E-state index in [0.717, 1.165) is 5.56 Å². The van der Waals surface area contributed by atoms with Gasteiger partial charge in [0.25, 0.3) is 5.69 Å². The van der Waals surface area contributed by atoms with Crippen molar-refractivity contribution in [3.8, 4) is 0 Å². The van der Waals surface area contributed by atoms with Gasteiger partial charge in [0.05, 0.1) is 18.1 Å². The Bertz CT molecular complexity index is 482. The van der Waals surface area contributed by atoms with Crippen LogP contribution in [-0.4, -0.2) is 37.6 Å². The smallest absolute Gasteiger partial charge is 0.270 e. The molecule has 0 heterocycles. The van der Waals surface area contributed by atoms with E-state index in [1.807, 2.05) is 0 Å². The maximum Gasteiger partial charge on any atom is 0.270 e. The fraction of sp³-hybridized carbons (Fsp3) is 0.417. The van der Waals surface area contributed by atoms with Gasteiger partial charge in [0, 0.05) is 36.8 Å². The molecule has 110 valence electrons. The Kier molecular flexibility index (Phi) is 7.13. The molecule has 0 unspecified atom stereocenters. The van der Waals surface area contributed by atoms with Crippen molar-refractivity contribution in [1.29, 1.82) is 0 Å². The van der Waals surface area contributed by atoms with Gasteiger partial charge in [-0.25, -0.2) is 0 Å². The van der Waals surface area contributed by atoms with Crippen LogP contribution < -0.4 is 10.6 Å². The molecule has 0 aliphatic rings. The number of non-ortho nitro benzene ring substituents is 1. The van der Waals surface area contributed by atoms with E-state index in [1.54, 1.807) is 13.2 Å². The number of ether oxygens (including phenoxy) is 1. The minimum Gasteiger partial charge on any atom is -0.383 e. The molecule has 20 heavy (non-hydrogen) atoms. The molecule has 0 aromatic heterocycles. The molecular weight excluding hydrogens is 330 g/mol. The first-order valence-corrected chi connectivity index (χ1v) is 6.73. The summed E-state index contributed by atoms with van der Waals surface area (Å²) in [5, 5.41) is 16.2. The Balaban J connectivity index is 2.38. The first-order valence-electron chi connectivity index (χ1n) is 5.93. The highest BCUT2D eigenvalue weighted by Gasteiger charge is 2.09. The predicted molar refractivity (Wildman–Crippen MR) is 77.4 cm³/mol. The Morgan fingerprint density at radius 2 is 2.25 bits per heavy atom. The quantitative estimate of drug-likeness (QED) is 0.419. The molecule has 0 atom stereocenters. The van der Waals surface area contributed by atoms with Gasteiger partial charge < -0.3 is 15.4 Å². The third kappa shape index (κ3) is 5.64. The zero-order valence-corrected chi connectivity index (χ0v) is 12.6. The van der Waals surface area contributed by atoms with E-state index in [-0.39, 0.29) is 18.1 Å². The van der Waals surface area contributed by atoms with Crippen LogP contribution in [0.15, 0.2) is 22.7 Å². The number of benzene rings is 1. The van der Waals surface area contributed by atoms with Crippen molar-refractivity contribution in [3.63, 3.8) is 0 Å². The summed E-state index contributed by atoms with van der Waals surface area (Å²) >= 11 is 3.27. The molecule has 1 rings (SSSR count). The van der Waals surface area contributed by atoms with Crippen LogP contribution in [0.25, 0.3) is 0 Å². The van der Waals surface area contributed by atoms with Crippen molar-refractivity contribution in [2.24, 2.45) is 0 Å². The van der Waals surface area contributed by atoms with Crippen molar-refractivity contribution in [2.45, 2.75) is 6.54 Å². The molecule has 1 aromatic carbocycles. The molecule has 0 saturated heterocycles. The zero-order chi connectivity index (χ0) is 15.0. The number of hydrogen-bond acceptors (Lipinski definition) is 5. The summed E-state index contributed by atoms with van der Waals surface area (Å²) in [5.41, 5.74) is 0.873. The van der Waals surface area contributed by atoms with Gasteiger partial charge in [-0.3, -0.25) is 14.9 Å². The molecule has 0 fully saturated rings. The first kappa shape index (κ1) is 16.5. The minimum absolute atomic E-state index is 0.0259. The van der Waals surface area contributed by atoms with Gasteiger partial charge in [-0.2, -0.15) is 0 Å². The Labute approximate surface area is 125 Å². The lowest BCUT2D eigenvalue weighted by Crippen LogP contribution is -2.35. The van der Waals surface area contributed by atoms with E-state index >= 15 is 0 Å². The number of nitro groups is 1. The van der Waals surface area contributed by atoms with Gasteiger partial charge in [0.15, 0.2) is 0 Å². The van der Waals surface area contributed by atoms with Gasteiger partial charge in [0.2, 0.25) is 5.91 Å². The van der Waals surface area contributed by atoms with Crippen LogP contribution in [0.2, 0.25) is 0 Å².